The van der Waals surface area contributed by atoms with Gasteiger partial charge in [0.05, 0.1) is 0 Å². The molecule has 1 aromatic carbocycles. The van der Waals surface area contributed by atoms with Gasteiger partial charge in [-0.15, -0.1) is 0 Å². The molecule has 0 amide bonds. The van der Waals surface area contributed by atoms with Crippen molar-refractivity contribution >= 4 is 0 Å². The number of methoxy groups -OCH3 is 1. The third kappa shape index (κ3) is 2.16. The Labute approximate surface area is 107 Å². The summed E-state index contributed by atoms with van der Waals surface area (Å²) >= 11 is 0. The average molecular weight is 252 g/mol. The number of benzene rings is 1. The van der Waals surface area contributed by atoms with Crippen molar-refractivity contribution in [3.8, 4) is 0 Å². The lowest BCUT2D eigenvalue weighted by molar-refractivity contribution is -0.163. The molecule has 100 valence electrons. The molecule has 3 nitrogen and oxygen atoms in total. The predicted molar refractivity (Wildman–Crippen MR) is 67.2 cm³/mol. The van der Waals surface area contributed by atoms with Crippen LogP contribution in [0.3, 0.4) is 0 Å². The van der Waals surface area contributed by atoms with E-state index in [1.165, 1.54) is 12.1 Å². The lowest BCUT2D eigenvalue weighted by Gasteiger charge is -2.50. The largest absolute Gasteiger partial charge is 0.457 e. The highest BCUT2D eigenvalue weighted by Gasteiger charge is 2.46. The summed E-state index contributed by atoms with van der Waals surface area (Å²) in [7, 11) is 5.48. The minimum atomic E-state index is -1.10. The van der Waals surface area contributed by atoms with Gasteiger partial charge < -0.3 is 14.7 Å². The van der Waals surface area contributed by atoms with E-state index in [0.717, 1.165) is 0 Å². The summed E-state index contributed by atoms with van der Waals surface area (Å²) in [4.78, 5) is 1.89. The van der Waals surface area contributed by atoms with Gasteiger partial charge in [0.15, 0.2) is 0 Å². The maximum atomic E-state index is 13.0. The number of hydrogen-bond donors (Lipinski definition) is 1. The molecule has 0 radical (unpaired) electrons. The molecular weight excluding hydrogens is 233 g/mol. The zero-order chi connectivity index (χ0) is 13.3. The molecule has 1 aliphatic heterocycles. The summed E-state index contributed by atoms with van der Waals surface area (Å²) in [6.45, 7) is 3.18. The fraction of sp³-hybridized carbons (Fsp3) is 0.500. The summed E-state index contributed by atoms with van der Waals surface area (Å²) in [6, 6.07) is 5.97. The molecule has 3 unspecified atom stereocenters. The Morgan fingerprint density at radius 3 is 2.56 bits per heavy atom. The van der Waals surface area contributed by atoms with Gasteiger partial charge in [-0.1, -0.05) is 19.1 Å². The zero-order valence-corrected chi connectivity index (χ0v) is 10.8. The lowest BCUT2D eigenvalue weighted by Crippen LogP contribution is -2.57. The van der Waals surface area contributed by atoms with E-state index in [1.807, 2.05) is 11.8 Å². The topological polar surface area (TPSA) is 32.7 Å². The van der Waals surface area contributed by atoms with Gasteiger partial charge in [-0.25, -0.2) is 4.39 Å². The molecule has 0 spiro atoms. The third-order valence-corrected chi connectivity index (χ3v) is 3.79. The van der Waals surface area contributed by atoms with E-state index in [2.05, 4.69) is 7.05 Å². The smallest absolute Gasteiger partial charge is 0.123 e. The SMILES string of the molecule is [CH2-]N1CC(C)C(O)(c2ccc(F)cc2)C(OC)C1. The first kappa shape index (κ1) is 13.5. The Balaban J connectivity index is 2.39. The molecule has 1 N–H and O–H groups in total. The van der Waals surface area contributed by atoms with Gasteiger partial charge in [-0.2, -0.15) is 0 Å². The highest BCUT2D eigenvalue weighted by atomic mass is 19.1. The first-order valence-corrected chi connectivity index (χ1v) is 6.05. The van der Waals surface area contributed by atoms with Crippen molar-refractivity contribution in [3.05, 3.63) is 42.7 Å². The molecule has 1 saturated heterocycles. The number of aliphatic hydroxyl groups is 1. The number of likely N-dealkylation sites (tertiary alicyclic amines) is 1. The van der Waals surface area contributed by atoms with Crippen molar-refractivity contribution in [2.75, 3.05) is 20.2 Å². The minimum absolute atomic E-state index is 0.0424. The van der Waals surface area contributed by atoms with E-state index < -0.39 is 5.60 Å². The molecule has 0 aliphatic carbocycles. The highest BCUT2D eigenvalue weighted by molar-refractivity contribution is 5.27. The summed E-state index contributed by atoms with van der Waals surface area (Å²) in [5.41, 5.74) is -0.409. The highest BCUT2D eigenvalue weighted by Crippen LogP contribution is 2.38. The van der Waals surface area contributed by atoms with Crippen molar-refractivity contribution in [1.82, 2.24) is 4.90 Å². The summed E-state index contributed by atoms with van der Waals surface area (Å²) in [5, 5.41) is 11.0. The zero-order valence-electron chi connectivity index (χ0n) is 10.8. The number of piperidine rings is 1. The lowest BCUT2D eigenvalue weighted by atomic mass is 9.75. The van der Waals surface area contributed by atoms with Gasteiger partial charge in [-0.3, -0.25) is 7.05 Å². The van der Waals surface area contributed by atoms with Crippen molar-refractivity contribution < 1.29 is 14.2 Å². The first-order valence-electron chi connectivity index (χ1n) is 6.05. The maximum absolute atomic E-state index is 13.0. The summed E-state index contributed by atoms with van der Waals surface area (Å²) < 4.78 is 18.4. The van der Waals surface area contributed by atoms with Gasteiger partial charge in [0, 0.05) is 13.0 Å². The third-order valence-electron chi connectivity index (χ3n) is 3.79. The van der Waals surface area contributed by atoms with Crippen molar-refractivity contribution in [1.29, 1.82) is 0 Å². The van der Waals surface area contributed by atoms with Crippen LogP contribution in [0.25, 0.3) is 0 Å². The van der Waals surface area contributed by atoms with Crippen molar-refractivity contribution in [3.63, 3.8) is 0 Å². The van der Waals surface area contributed by atoms with E-state index in [4.69, 9.17) is 4.74 Å². The molecule has 1 fully saturated rings. The van der Waals surface area contributed by atoms with E-state index in [1.54, 1.807) is 19.2 Å². The summed E-state index contributed by atoms with van der Waals surface area (Å²) in [5.74, 6) is -0.349. The molecule has 1 aromatic rings. The van der Waals surface area contributed by atoms with Gasteiger partial charge in [0.25, 0.3) is 0 Å². The molecule has 4 heteroatoms. The van der Waals surface area contributed by atoms with Crippen LogP contribution in [0.2, 0.25) is 0 Å². The van der Waals surface area contributed by atoms with Crippen LogP contribution in [-0.2, 0) is 10.3 Å². The first-order chi connectivity index (χ1) is 8.48. The molecule has 0 bridgehead atoms. The Morgan fingerprint density at radius 2 is 2.00 bits per heavy atom. The van der Waals surface area contributed by atoms with Crippen LogP contribution in [-0.4, -0.2) is 36.3 Å². The monoisotopic (exact) mass is 252 g/mol. The Bertz CT molecular complexity index is 409. The Kier molecular flexibility index (Phi) is 3.71. The number of ether oxygens (including phenoxy) is 1. The number of rotatable bonds is 2. The maximum Gasteiger partial charge on any atom is 0.123 e. The number of halogens is 1. The minimum Gasteiger partial charge on any atom is -0.457 e. The molecule has 0 aromatic heterocycles. The second-order valence-corrected chi connectivity index (χ2v) is 4.99. The fourth-order valence-corrected chi connectivity index (χ4v) is 2.73. The van der Waals surface area contributed by atoms with Crippen LogP contribution < -0.4 is 0 Å². The van der Waals surface area contributed by atoms with Crippen LogP contribution in [0.1, 0.15) is 12.5 Å². The van der Waals surface area contributed by atoms with E-state index in [-0.39, 0.29) is 17.8 Å². The quantitative estimate of drug-likeness (QED) is 0.814. The van der Waals surface area contributed by atoms with Crippen LogP contribution in [0.4, 0.5) is 4.39 Å². The standard InChI is InChI=1S/C14H19FNO2/c1-10-8-16(2)9-13(18-3)14(10,17)11-4-6-12(15)7-5-11/h4-7,10,13,17H,2,8-9H2,1,3H3/q-1. The van der Waals surface area contributed by atoms with Gasteiger partial charge >= 0.3 is 0 Å². The number of nitrogens with zero attached hydrogens (tertiary/aromatic N) is 1. The average Bonchev–Trinajstić information content (AvgIpc) is 2.34. The molecule has 2 rings (SSSR count). The van der Waals surface area contributed by atoms with Crippen LogP contribution in [0.5, 0.6) is 0 Å². The normalized spacial score (nSPS) is 33.6. The molecule has 0 saturated carbocycles. The van der Waals surface area contributed by atoms with Crippen LogP contribution in [0.15, 0.2) is 24.3 Å². The summed E-state index contributed by atoms with van der Waals surface area (Å²) in [6.07, 6.45) is -0.371. The van der Waals surface area contributed by atoms with E-state index in [9.17, 15) is 9.50 Å². The molecule has 1 heterocycles. The molecule has 18 heavy (non-hydrogen) atoms. The number of hydrogen-bond acceptors (Lipinski definition) is 3. The van der Waals surface area contributed by atoms with Gasteiger partial charge in [-0.05, 0) is 30.8 Å². The molecule has 1 aliphatic rings. The molecule has 3 atom stereocenters. The van der Waals surface area contributed by atoms with E-state index >= 15 is 0 Å². The van der Waals surface area contributed by atoms with Crippen LogP contribution in [0, 0.1) is 18.8 Å². The van der Waals surface area contributed by atoms with Gasteiger partial charge in [0.2, 0.25) is 0 Å². The van der Waals surface area contributed by atoms with E-state index in [0.29, 0.717) is 18.7 Å². The molecular formula is C14H19FNO2-. The van der Waals surface area contributed by atoms with Crippen molar-refractivity contribution in [2.45, 2.75) is 18.6 Å². The predicted octanol–water partition coefficient (Wildman–Crippen LogP) is 1.77. The fourth-order valence-electron chi connectivity index (χ4n) is 2.73. The van der Waals surface area contributed by atoms with Gasteiger partial charge in [0.1, 0.15) is 17.5 Å². The van der Waals surface area contributed by atoms with Crippen LogP contribution >= 0.6 is 0 Å². The second-order valence-electron chi connectivity index (χ2n) is 4.99. The second kappa shape index (κ2) is 4.96. The Morgan fingerprint density at radius 1 is 1.39 bits per heavy atom. The van der Waals surface area contributed by atoms with Crippen molar-refractivity contribution in [2.24, 2.45) is 5.92 Å². The Hall–Kier alpha value is -0.970.